The maximum absolute atomic E-state index is 12.2. The van der Waals surface area contributed by atoms with Gasteiger partial charge in [-0.05, 0) is 50.2 Å². The number of carbonyl (C=O) groups excluding carboxylic acids is 2. The molecule has 4 N–H and O–H groups in total. The molecule has 0 heterocycles. The maximum Gasteiger partial charge on any atom is 0.259 e. The number of amides is 2. The first-order valence-corrected chi connectivity index (χ1v) is 7.83. The van der Waals surface area contributed by atoms with Gasteiger partial charge >= 0.3 is 0 Å². The molecule has 0 saturated heterocycles. The van der Waals surface area contributed by atoms with Gasteiger partial charge in [0, 0.05) is 24.3 Å². The van der Waals surface area contributed by atoms with E-state index in [-0.39, 0.29) is 11.5 Å². The molecular formula is C18H20N2O5. The van der Waals surface area contributed by atoms with Crippen LogP contribution in [-0.4, -0.2) is 45.1 Å². The predicted octanol–water partition coefficient (Wildman–Crippen LogP) is 2.54. The minimum absolute atomic E-state index is 0.0935. The van der Waals surface area contributed by atoms with E-state index in [1.54, 1.807) is 29.2 Å². The third kappa shape index (κ3) is 3.82. The highest BCUT2D eigenvalue weighted by atomic mass is 16.3. The molecule has 0 aromatic heterocycles. The van der Waals surface area contributed by atoms with Gasteiger partial charge in [0.1, 0.15) is 0 Å². The lowest BCUT2D eigenvalue weighted by molar-refractivity contribution is 0.0773. The zero-order valence-electron chi connectivity index (χ0n) is 14.0. The van der Waals surface area contributed by atoms with Crippen LogP contribution >= 0.6 is 0 Å². The lowest BCUT2D eigenvalue weighted by atomic mass is 10.1. The number of hydrogen-bond donors (Lipinski definition) is 4. The van der Waals surface area contributed by atoms with E-state index < -0.39 is 23.2 Å². The van der Waals surface area contributed by atoms with Gasteiger partial charge in [0.2, 0.25) is 5.75 Å². The number of benzene rings is 2. The average molecular weight is 344 g/mol. The quantitative estimate of drug-likeness (QED) is 0.623. The van der Waals surface area contributed by atoms with Crippen LogP contribution in [0.5, 0.6) is 17.2 Å². The van der Waals surface area contributed by atoms with Crippen molar-refractivity contribution < 1.29 is 24.9 Å². The van der Waals surface area contributed by atoms with Crippen molar-refractivity contribution in [2.24, 2.45) is 0 Å². The summed E-state index contributed by atoms with van der Waals surface area (Å²) in [6, 6.07) is 8.65. The van der Waals surface area contributed by atoms with Gasteiger partial charge in [0.15, 0.2) is 11.5 Å². The highest BCUT2D eigenvalue weighted by molar-refractivity contribution is 6.07. The van der Waals surface area contributed by atoms with Crippen LogP contribution in [0.1, 0.15) is 34.6 Å². The van der Waals surface area contributed by atoms with Crippen LogP contribution in [0.4, 0.5) is 5.69 Å². The van der Waals surface area contributed by atoms with Crippen LogP contribution < -0.4 is 5.32 Å². The summed E-state index contributed by atoms with van der Waals surface area (Å²) >= 11 is 0. The molecule has 2 aromatic rings. The number of aromatic hydroxyl groups is 3. The average Bonchev–Trinajstić information content (AvgIpc) is 2.61. The van der Waals surface area contributed by atoms with Gasteiger partial charge in [-0.3, -0.25) is 9.59 Å². The Bertz CT molecular complexity index is 783. The van der Waals surface area contributed by atoms with Gasteiger partial charge in [-0.2, -0.15) is 0 Å². The van der Waals surface area contributed by atoms with Crippen LogP contribution in [0, 0.1) is 0 Å². The van der Waals surface area contributed by atoms with Crippen LogP contribution in [0.15, 0.2) is 36.4 Å². The number of nitrogens with zero attached hydrogens (tertiary/aromatic N) is 1. The van der Waals surface area contributed by atoms with Crippen molar-refractivity contribution in [3.8, 4) is 17.2 Å². The second-order valence-corrected chi connectivity index (χ2v) is 5.34. The smallest absolute Gasteiger partial charge is 0.259 e. The number of carbonyl (C=O) groups is 2. The Labute approximate surface area is 145 Å². The zero-order valence-corrected chi connectivity index (χ0v) is 14.0. The largest absolute Gasteiger partial charge is 0.504 e. The Kier molecular flexibility index (Phi) is 5.49. The molecule has 132 valence electrons. The van der Waals surface area contributed by atoms with Gasteiger partial charge in [-0.25, -0.2) is 0 Å². The minimum atomic E-state index is -0.757. The molecule has 7 heteroatoms. The van der Waals surface area contributed by atoms with E-state index in [2.05, 4.69) is 5.32 Å². The lowest BCUT2D eigenvalue weighted by Gasteiger charge is -2.18. The Morgan fingerprint density at radius 3 is 2.08 bits per heavy atom. The Balaban J connectivity index is 2.15. The molecule has 2 amide bonds. The van der Waals surface area contributed by atoms with Crippen LogP contribution in [0.2, 0.25) is 0 Å². The van der Waals surface area contributed by atoms with Crippen molar-refractivity contribution in [2.45, 2.75) is 13.8 Å². The normalized spacial score (nSPS) is 10.3. The van der Waals surface area contributed by atoms with Crippen molar-refractivity contribution in [2.75, 3.05) is 18.4 Å². The number of hydrogen-bond acceptors (Lipinski definition) is 5. The van der Waals surface area contributed by atoms with Crippen LogP contribution in [0.25, 0.3) is 0 Å². The van der Waals surface area contributed by atoms with Gasteiger partial charge in [-0.1, -0.05) is 0 Å². The summed E-state index contributed by atoms with van der Waals surface area (Å²) in [6.45, 7) is 5.01. The molecule has 0 saturated carbocycles. The van der Waals surface area contributed by atoms with E-state index >= 15 is 0 Å². The Morgan fingerprint density at radius 2 is 1.52 bits per heavy atom. The van der Waals surface area contributed by atoms with E-state index in [1.165, 1.54) is 6.07 Å². The number of nitrogens with one attached hydrogen (secondary N) is 1. The monoisotopic (exact) mass is 344 g/mol. The Hall–Kier alpha value is -3.22. The summed E-state index contributed by atoms with van der Waals surface area (Å²) in [5.41, 5.74) is 0.749. The molecule has 25 heavy (non-hydrogen) atoms. The van der Waals surface area contributed by atoms with Gasteiger partial charge in [-0.15, -0.1) is 0 Å². The van der Waals surface area contributed by atoms with E-state index in [9.17, 15) is 24.9 Å². The first-order chi connectivity index (χ1) is 11.9. The van der Waals surface area contributed by atoms with Crippen molar-refractivity contribution in [3.05, 3.63) is 47.5 Å². The van der Waals surface area contributed by atoms with E-state index in [4.69, 9.17) is 0 Å². The summed E-state index contributed by atoms with van der Waals surface area (Å²) in [6.07, 6.45) is 0. The summed E-state index contributed by atoms with van der Waals surface area (Å²) in [4.78, 5) is 26.1. The molecule has 7 nitrogen and oxygen atoms in total. The molecule has 2 rings (SSSR count). The molecule has 0 aliphatic heterocycles. The number of anilines is 1. The van der Waals surface area contributed by atoms with Gasteiger partial charge in [0.25, 0.3) is 11.8 Å². The van der Waals surface area contributed by atoms with E-state index in [0.29, 0.717) is 24.3 Å². The van der Waals surface area contributed by atoms with Crippen molar-refractivity contribution >= 4 is 17.5 Å². The fourth-order valence-corrected chi connectivity index (χ4v) is 2.34. The van der Waals surface area contributed by atoms with Gasteiger partial charge in [0.05, 0.1) is 5.56 Å². The molecule has 0 atom stereocenters. The molecule has 0 unspecified atom stereocenters. The molecule has 2 aromatic carbocycles. The topological polar surface area (TPSA) is 110 Å². The highest BCUT2D eigenvalue weighted by Crippen LogP contribution is 2.37. The highest BCUT2D eigenvalue weighted by Gasteiger charge is 2.18. The third-order valence-corrected chi connectivity index (χ3v) is 3.81. The second kappa shape index (κ2) is 7.57. The number of phenols is 3. The molecule has 0 fully saturated rings. The fraction of sp³-hybridized carbons (Fsp3) is 0.222. The van der Waals surface area contributed by atoms with Crippen molar-refractivity contribution in [3.63, 3.8) is 0 Å². The minimum Gasteiger partial charge on any atom is -0.504 e. The first-order valence-electron chi connectivity index (χ1n) is 7.83. The molecule has 0 bridgehead atoms. The summed E-state index contributed by atoms with van der Waals surface area (Å²) in [7, 11) is 0. The second-order valence-electron chi connectivity index (χ2n) is 5.34. The molecule has 0 radical (unpaired) electrons. The number of rotatable bonds is 5. The van der Waals surface area contributed by atoms with Crippen molar-refractivity contribution in [1.82, 2.24) is 4.90 Å². The lowest BCUT2D eigenvalue weighted by Crippen LogP contribution is -2.30. The summed E-state index contributed by atoms with van der Waals surface area (Å²) < 4.78 is 0. The SMILES string of the molecule is CCN(CC)C(=O)c1ccc(NC(=O)c2ccc(O)c(O)c2O)cc1. The molecule has 0 aliphatic carbocycles. The first kappa shape index (κ1) is 18.1. The molecular weight excluding hydrogens is 324 g/mol. The Morgan fingerprint density at radius 1 is 0.920 bits per heavy atom. The summed E-state index contributed by atoms with van der Waals surface area (Å²) in [5.74, 6) is -2.73. The van der Waals surface area contributed by atoms with Crippen LogP contribution in [0.3, 0.4) is 0 Å². The van der Waals surface area contributed by atoms with Gasteiger partial charge < -0.3 is 25.5 Å². The molecule has 0 aliphatic rings. The molecule has 0 spiro atoms. The van der Waals surface area contributed by atoms with Crippen LogP contribution in [-0.2, 0) is 0 Å². The predicted molar refractivity (Wildman–Crippen MR) is 93.1 cm³/mol. The van der Waals surface area contributed by atoms with Crippen molar-refractivity contribution in [1.29, 1.82) is 0 Å². The fourth-order valence-electron chi connectivity index (χ4n) is 2.34. The number of phenolic OH excluding ortho intramolecular Hbond substituents is 3. The van der Waals surface area contributed by atoms with E-state index in [1.807, 2.05) is 13.8 Å². The van der Waals surface area contributed by atoms with E-state index in [0.717, 1.165) is 6.07 Å². The maximum atomic E-state index is 12.2. The summed E-state index contributed by atoms with van der Waals surface area (Å²) in [5, 5.41) is 31.1. The third-order valence-electron chi connectivity index (χ3n) is 3.81. The zero-order chi connectivity index (χ0) is 18.6. The standard InChI is InChI=1S/C18H20N2O5/c1-3-20(4-2)18(25)11-5-7-12(8-6-11)19-17(24)13-9-10-14(21)16(23)15(13)22/h5-10,21-23H,3-4H2,1-2H3,(H,19,24).